The molecule has 0 aliphatic carbocycles. The van der Waals surface area contributed by atoms with E-state index < -0.39 is 0 Å². The Morgan fingerprint density at radius 3 is 2.66 bits per heavy atom. The molecule has 1 saturated heterocycles. The van der Waals surface area contributed by atoms with Crippen LogP contribution in [0, 0.1) is 6.92 Å². The Kier molecular flexibility index (Phi) is 12.7. The summed E-state index contributed by atoms with van der Waals surface area (Å²) in [6.07, 6.45) is 2.73. The molecule has 1 heterocycles. The van der Waals surface area contributed by atoms with Gasteiger partial charge in [-0.2, -0.15) is 0 Å². The number of nitrogens with zero attached hydrogens (tertiary/aromatic N) is 2. The summed E-state index contributed by atoms with van der Waals surface area (Å²) in [6.45, 7) is 8.75. The van der Waals surface area contributed by atoms with Gasteiger partial charge in [-0.05, 0) is 38.3 Å². The first-order chi connectivity index (χ1) is 13.6. The summed E-state index contributed by atoms with van der Waals surface area (Å²) >= 11 is 0. The molecule has 0 unspecified atom stereocenters. The number of carbonyl (C=O) groups is 1. The van der Waals surface area contributed by atoms with Crippen molar-refractivity contribution < 1.29 is 14.3 Å². The van der Waals surface area contributed by atoms with Crippen LogP contribution in [0.15, 0.2) is 23.2 Å². The topological polar surface area (TPSA) is 75.2 Å². The van der Waals surface area contributed by atoms with Crippen LogP contribution in [-0.2, 0) is 16.1 Å². The standard InChI is InChI=1S/C21H34N4O3.HI/c1-4-22-21(23-10-9-20(26)25-11-5-6-12-25)24-16-18-8-7-17(2)15-19(18)28-14-13-27-3;/h7-8,15H,4-6,9-14,16H2,1-3H3,(H2,22,23,24);1H. The second kappa shape index (κ2) is 14.4. The predicted molar refractivity (Wildman–Crippen MR) is 127 cm³/mol. The van der Waals surface area contributed by atoms with E-state index in [0.29, 0.717) is 38.7 Å². The van der Waals surface area contributed by atoms with E-state index in [9.17, 15) is 4.79 Å². The van der Waals surface area contributed by atoms with Crippen LogP contribution >= 0.6 is 24.0 Å². The Morgan fingerprint density at radius 2 is 1.97 bits per heavy atom. The van der Waals surface area contributed by atoms with Crippen LogP contribution < -0.4 is 15.4 Å². The highest BCUT2D eigenvalue weighted by Gasteiger charge is 2.17. The van der Waals surface area contributed by atoms with Crippen LogP contribution in [0.1, 0.15) is 37.3 Å². The van der Waals surface area contributed by atoms with Gasteiger partial charge in [0.05, 0.1) is 13.2 Å². The fraction of sp³-hybridized carbons (Fsp3) is 0.619. The highest BCUT2D eigenvalue weighted by molar-refractivity contribution is 14.0. The van der Waals surface area contributed by atoms with Crippen molar-refractivity contribution in [3.8, 4) is 5.75 Å². The summed E-state index contributed by atoms with van der Waals surface area (Å²) in [5.74, 6) is 1.76. The van der Waals surface area contributed by atoms with E-state index in [0.717, 1.165) is 49.4 Å². The number of amides is 1. The maximum atomic E-state index is 12.2. The summed E-state index contributed by atoms with van der Waals surface area (Å²) in [7, 11) is 1.66. The van der Waals surface area contributed by atoms with Gasteiger partial charge in [0.1, 0.15) is 12.4 Å². The SMILES string of the molecule is CCNC(=NCc1ccc(C)cc1OCCOC)NCCC(=O)N1CCCC1.I. The Morgan fingerprint density at radius 1 is 1.21 bits per heavy atom. The minimum atomic E-state index is 0. The number of aryl methyl sites for hydroxylation is 1. The molecule has 8 heteroatoms. The third-order valence-electron chi connectivity index (χ3n) is 4.61. The second-order valence-corrected chi connectivity index (χ2v) is 6.91. The largest absolute Gasteiger partial charge is 0.491 e. The van der Waals surface area contributed by atoms with Crippen molar-refractivity contribution >= 4 is 35.8 Å². The van der Waals surface area contributed by atoms with Crippen molar-refractivity contribution in [2.24, 2.45) is 4.99 Å². The van der Waals surface area contributed by atoms with Crippen LogP contribution in [0.3, 0.4) is 0 Å². The highest BCUT2D eigenvalue weighted by Crippen LogP contribution is 2.21. The number of aliphatic imine (C=N–C) groups is 1. The van der Waals surface area contributed by atoms with Gasteiger partial charge in [0.25, 0.3) is 0 Å². The van der Waals surface area contributed by atoms with Crippen LogP contribution in [0.2, 0.25) is 0 Å². The molecule has 2 N–H and O–H groups in total. The number of hydrogen-bond acceptors (Lipinski definition) is 4. The molecule has 0 saturated carbocycles. The van der Waals surface area contributed by atoms with Gasteiger partial charge in [-0.3, -0.25) is 4.79 Å². The Bertz CT molecular complexity index is 649. The molecule has 0 atom stereocenters. The summed E-state index contributed by atoms with van der Waals surface area (Å²) in [5, 5.41) is 6.49. The number of methoxy groups -OCH3 is 1. The zero-order valence-corrected chi connectivity index (χ0v) is 20.2. The van der Waals surface area contributed by atoms with Crippen molar-refractivity contribution in [2.75, 3.05) is 46.5 Å². The number of ether oxygens (including phenoxy) is 2. The average molecular weight is 518 g/mol. The van der Waals surface area contributed by atoms with E-state index in [1.54, 1.807) is 7.11 Å². The van der Waals surface area contributed by atoms with E-state index in [1.807, 2.05) is 30.9 Å². The van der Waals surface area contributed by atoms with Gasteiger partial charge in [-0.1, -0.05) is 12.1 Å². The molecule has 29 heavy (non-hydrogen) atoms. The van der Waals surface area contributed by atoms with Crippen LogP contribution in [0.4, 0.5) is 0 Å². The highest BCUT2D eigenvalue weighted by atomic mass is 127. The Labute approximate surface area is 191 Å². The van der Waals surface area contributed by atoms with Gasteiger partial charge in [-0.15, -0.1) is 24.0 Å². The zero-order valence-electron chi connectivity index (χ0n) is 17.8. The first-order valence-electron chi connectivity index (χ1n) is 10.1. The van der Waals surface area contributed by atoms with E-state index >= 15 is 0 Å². The molecule has 0 radical (unpaired) electrons. The number of halogens is 1. The quantitative estimate of drug-likeness (QED) is 0.216. The Hall–Kier alpha value is -1.55. The lowest BCUT2D eigenvalue weighted by Crippen LogP contribution is -2.39. The molecule has 1 amide bonds. The van der Waals surface area contributed by atoms with E-state index in [4.69, 9.17) is 9.47 Å². The molecular formula is C21H35IN4O3. The van der Waals surface area contributed by atoms with Crippen molar-refractivity contribution in [2.45, 2.75) is 39.7 Å². The third kappa shape index (κ3) is 9.20. The normalized spacial score (nSPS) is 13.8. The fourth-order valence-electron chi connectivity index (χ4n) is 3.08. The predicted octanol–water partition coefficient (Wildman–Crippen LogP) is 2.71. The average Bonchev–Trinajstić information content (AvgIpc) is 3.22. The third-order valence-corrected chi connectivity index (χ3v) is 4.61. The monoisotopic (exact) mass is 518 g/mol. The molecule has 0 spiro atoms. The van der Waals surface area contributed by atoms with Gasteiger partial charge in [-0.25, -0.2) is 4.99 Å². The smallest absolute Gasteiger partial charge is 0.224 e. The van der Waals surface area contributed by atoms with Gasteiger partial charge in [0.2, 0.25) is 5.91 Å². The number of rotatable bonds is 10. The van der Waals surface area contributed by atoms with E-state index in [2.05, 4.69) is 21.7 Å². The van der Waals surface area contributed by atoms with Crippen LogP contribution in [-0.4, -0.2) is 63.3 Å². The zero-order chi connectivity index (χ0) is 20.2. The van der Waals surface area contributed by atoms with Crippen molar-refractivity contribution in [1.29, 1.82) is 0 Å². The lowest BCUT2D eigenvalue weighted by molar-refractivity contribution is -0.129. The van der Waals surface area contributed by atoms with E-state index in [1.165, 1.54) is 0 Å². The summed E-state index contributed by atoms with van der Waals surface area (Å²) in [4.78, 5) is 18.8. The molecule has 1 fully saturated rings. The molecule has 1 aliphatic heterocycles. The van der Waals surface area contributed by atoms with E-state index in [-0.39, 0.29) is 29.9 Å². The molecule has 1 aliphatic rings. The van der Waals surface area contributed by atoms with Gasteiger partial charge < -0.3 is 25.0 Å². The number of guanidine groups is 1. The van der Waals surface area contributed by atoms with Crippen molar-refractivity contribution in [3.05, 3.63) is 29.3 Å². The number of nitrogens with one attached hydrogen (secondary N) is 2. The first-order valence-corrected chi connectivity index (χ1v) is 10.1. The van der Waals surface area contributed by atoms with Crippen molar-refractivity contribution in [1.82, 2.24) is 15.5 Å². The van der Waals surface area contributed by atoms with Gasteiger partial charge in [0, 0.05) is 45.3 Å². The molecule has 7 nitrogen and oxygen atoms in total. The fourth-order valence-corrected chi connectivity index (χ4v) is 3.08. The van der Waals surface area contributed by atoms with Crippen LogP contribution in [0.25, 0.3) is 0 Å². The number of likely N-dealkylation sites (tertiary alicyclic amines) is 1. The van der Waals surface area contributed by atoms with Crippen LogP contribution in [0.5, 0.6) is 5.75 Å². The Balaban J connectivity index is 0.00000420. The summed E-state index contributed by atoms with van der Waals surface area (Å²) in [6, 6.07) is 6.13. The van der Waals surface area contributed by atoms with Gasteiger partial charge in [0.15, 0.2) is 5.96 Å². The molecule has 1 aromatic carbocycles. The summed E-state index contributed by atoms with van der Waals surface area (Å²) < 4.78 is 10.9. The summed E-state index contributed by atoms with van der Waals surface area (Å²) in [5.41, 5.74) is 2.16. The molecule has 164 valence electrons. The number of benzene rings is 1. The van der Waals surface area contributed by atoms with Gasteiger partial charge >= 0.3 is 0 Å². The minimum Gasteiger partial charge on any atom is -0.491 e. The lowest BCUT2D eigenvalue weighted by Gasteiger charge is -2.16. The minimum absolute atomic E-state index is 0. The number of carbonyl (C=O) groups excluding carboxylic acids is 1. The molecule has 0 aromatic heterocycles. The molecule has 2 rings (SSSR count). The first kappa shape index (κ1) is 25.5. The molecule has 1 aromatic rings. The lowest BCUT2D eigenvalue weighted by atomic mass is 10.1. The maximum Gasteiger partial charge on any atom is 0.224 e. The molecular weight excluding hydrogens is 483 g/mol. The number of hydrogen-bond donors (Lipinski definition) is 2. The maximum absolute atomic E-state index is 12.2. The van der Waals surface area contributed by atoms with Crippen molar-refractivity contribution in [3.63, 3.8) is 0 Å². The second-order valence-electron chi connectivity index (χ2n) is 6.91. The molecule has 0 bridgehead atoms.